The van der Waals surface area contributed by atoms with Crippen LogP contribution >= 0.6 is 0 Å². The second-order valence-electron chi connectivity index (χ2n) is 4.64. The number of nitrogens with zero attached hydrogens (tertiary/aromatic N) is 2. The van der Waals surface area contributed by atoms with E-state index in [2.05, 4.69) is 23.2 Å². The zero-order chi connectivity index (χ0) is 12.8. The van der Waals surface area contributed by atoms with Gasteiger partial charge in [0.05, 0.1) is 11.6 Å². The molecular weight excluding hydrogens is 226 g/mol. The van der Waals surface area contributed by atoms with Crippen LogP contribution in [0.25, 0.3) is 0 Å². The molecule has 0 spiro atoms. The van der Waals surface area contributed by atoms with E-state index in [1.165, 1.54) is 0 Å². The average Bonchev–Trinajstić information content (AvgIpc) is 2.40. The van der Waals surface area contributed by atoms with Crippen LogP contribution in [-0.2, 0) is 0 Å². The predicted molar refractivity (Wildman–Crippen MR) is 70.6 cm³/mol. The summed E-state index contributed by atoms with van der Waals surface area (Å²) < 4.78 is 5.67. The van der Waals surface area contributed by atoms with Crippen molar-refractivity contribution in [2.45, 2.75) is 13.0 Å². The summed E-state index contributed by atoms with van der Waals surface area (Å²) in [7, 11) is 0. The number of nitrogens with one attached hydrogen (secondary N) is 1. The predicted octanol–water partition coefficient (Wildman–Crippen LogP) is 1.23. The van der Waals surface area contributed by atoms with Crippen LogP contribution in [0, 0.1) is 11.3 Å². The van der Waals surface area contributed by atoms with Gasteiger partial charge >= 0.3 is 0 Å². The van der Waals surface area contributed by atoms with Gasteiger partial charge in [-0.25, -0.2) is 0 Å². The minimum Gasteiger partial charge on any atom is -0.492 e. The number of nitriles is 1. The third-order valence-electron chi connectivity index (χ3n) is 3.11. The van der Waals surface area contributed by atoms with Gasteiger partial charge < -0.3 is 10.1 Å². The molecule has 0 amide bonds. The van der Waals surface area contributed by atoms with Crippen LogP contribution in [-0.4, -0.2) is 43.7 Å². The molecule has 4 nitrogen and oxygen atoms in total. The van der Waals surface area contributed by atoms with Crippen molar-refractivity contribution in [1.29, 1.82) is 5.26 Å². The Hall–Kier alpha value is -1.57. The molecule has 1 aliphatic rings. The highest BCUT2D eigenvalue weighted by Crippen LogP contribution is 2.11. The lowest BCUT2D eigenvalue weighted by Crippen LogP contribution is -2.50. The maximum atomic E-state index is 8.70. The summed E-state index contributed by atoms with van der Waals surface area (Å²) in [6, 6.07) is 9.91. The zero-order valence-corrected chi connectivity index (χ0v) is 10.7. The van der Waals surface area contributed by atoms with Crippen molar-refractivity contribution >= 4 is 0 Å². The Bertz CT molecular complexity index is 410. The summed E-state index contributed by atoms with van der Waals surface area (Å²) in [5.74, 6) is 0.831. The maximum absolute atomic E-state index is 8.70. The highest BCUT2D eigenvalue weighted by atomic mass is 16.5. The van der Waals surface area contributed by atoms with Crippen molar-refractivity contribution in [2.24, 2.45) is 0 Å². The second-order valence-corrected chi connectivity index (χ2v) is 4.64. The Morgan fingerprint density at radius 1 is 1.44 bits per heavy atom. The van der Waals surface area contributed by atoms with Gasteiger partial charge in [-0.1, -0.05) is 0 Å². The van der Waals surface area contributed by atoms with Gasteiger partial charge in [0.1, 0.15) is 12.4 Å². The Morgan fingerprint density at radius 2 is 2.22 bits per heavy atom. The largest absolute Gasteiger partial charge is 0.492 e. The SMILES string of the molecule is CC1CN(CCOc2ccc(C#N)cc2)CCN1. The number of rotatable bonds is 4. The number of hydrogen-bond donors (Lipinski definition) is 1. The first-order chi connectivity index (χ1) is 8.78. The van der Waals surface area contributed by atoms with E-state index in [9.17, 15) is 0 Å². The summed E-state index contributed by atoms with van der Waals surface area (Å²) in [6.45, 7) is 7.06. The highest BCUT2D eigenvalue weighted by Gasteiger charge is 2.14. The number of piperazine rings is 1. The molecule has 0 saturated carbocycles. The van der Waals surface area contributed by atoms with Crippen LogP contribution in [0.3, 0.4) is 0 Å². The fourth-order valence-corrected chi connectivity index (χ4v) is 2.13. The Labute approximate surface area is 108 Å². The van der Waals surface area contributed by atoms with Crippen molar-refractivity contribution in [3.8, 4) is 11.8 Å². The highest BCUT2D eigenvalue weighted by molar-refractivity contribution is 5.34. The van der Waals surface area contributed by atoms with Gasteiger partial charge in [-0.05, 0) is 31.2 Å². The van der Waals surface area contributed by atoms with Crippen LogP contribution in [0.15, 0.2) is 24.3 Å². The topological polar surface area (TPSA) is 48.3 Å². The van der Waals surface area contributed by atoms with Crippen molar-refractivity contribution < 1.29 is 4.74 Å². The zero-order valence-electron chi connectivity index (χ0n) is 10.7. The normalized spacial score (nSPS) is 20.3. The van der Waals surface area contributed by atoms with Gasteiger partial charge in [0, 0.05) is 32.2 Å². The Kier molecular flexibility index (Phi) is 4.57. The molecule has 0 aliphatic carbocycles. The lowest BCUT2D eigenvalue weighted by atomic mass is 10.2. The van der Waals surface area contributed by atoms with Gasteiger partial charge in [-0.2, -0.15) is 5.26 Å². The maximum Gasteiger partial charge on any atom is 0.119 e. The fourth-order valence-electron chi connectivity index (χ4n) is 2.13. The molecule has 0 radical (unpaired) electrons. The first kappa shape index (κ1) is 12.9. The number of benzene rings is 1. The molecule has 1 heterocycles. The average molecular weight is 245 g/mol. The molecule has 1 aromatic carbocycles. The lowest BCUT2D eigenvalue weighted by Gasteiger charge is -2.31. The van der Waals surface area contributed by atoms with Gasteiger partial charge in [-0.3, -0.25) is 4.90 Å². The quantitative estimate of drug-likeness (QED) is 0.867. The van der Waals surface area contributed by atoms with E-state index in [-0.39, 0.29) is 0 Å². The smallest absolute Gasteiger partial charge is 0.119 e. The van der Waals surface area contributed by atoms with E-state index in [1.807, 2.05) is 12.1 Å². The summed E-state index contributed by atoms with van der Waals surface area (Å²) in [4.78, 5) is 2.41. The summed E-state index contributed by atoms with van der Waals surface area (Å²) in [5, 5.41) is 12.1. The molecule has 0 bridgehead atoms. The molecule has 1 unspecified atom stereocenters. The third-order valence-corrected chi connectivity index (χ3v) is 3.11. The van der Waals surface area contributed by atoms with E-state index in [0.717, 1.165) is 31.9 Å². The van der Waals surface area contributed by atoms with Gasteiger partial charge in [0.25, 0.3) is 0 Å². The molecular formula is C14H19N3O. The van der Waals surface area contributed by atoms with Crippen LogP contribution in [0.2, 0.25) is 0 Å². The van der Waals surface area contributed by atoms with E-state index in [4.69, 9.17) is 10.00 Å². The number of hydrogen-bond acceptors (Lipinski definition) is 4. The first-order valence-electron chi connectivity index (χ1n) is 6.36. The fraction of sp³-hybridized carbons (Fsp3) is 0.500. The van der Waals surface area contributed by atoms with Crippen LogP contribution in [0.1, 0.15) is 12.5 Å². The summed E-state index contributed by atoms with van der Waals surface area (Å²) in [6.07, 6.45) is 0. The van der Waals surface area contributed by atoms with Crippen molar-refractivity contribution in [3.05, 3.63) is 29.8 Å². The van der Waals surface area contributed by atoms with E-state index < -0.39 is 0 Å². The monoisotopic (exact) mass is 245 g/mol. The molecule has 1 aromatic rings. The standard InChI is InChI=1S/C14H19N3O/c1-12-11-17(7-6-16-12)8-9-18-14-4-2-13(10-15)3-5-14/h2-5,12,16H,6-9,11H2,1H3. The summed E-state index contributed by atoms with van der Waals surface area (Å²) >= 11 is 0. The van der Waals surface area contributed by atoms with E-state index in [1.54, 1.807) is 12.1 Å². The van der Waals surface area contributed by atoms with Crippen molar-refractivity contribution in [2.75, 3.05) is 32.8 Å². The van der Waals surface area contributed by atoms with Crippen LogP contribution < -0.4 is 10.1 Å². The molecule has 1 N–H and O–H groups in total. The van der Waals surface area contributed by atoms with Crippen LogP contribution in [0.4, 0.5) is 0 Å². The number of ether oxygens (including phenoxy) is 1. The minimum atomic E-state index is 0.564. The molecule has 2 rings (SSSR count). The van der Waals surface area contributed by atoms with Crippen LogP contribution in [0.5, 0.6) is 5.75 Å². The molecule has 1 fully saturated rings. The molecule has 96 valence electrons. The van der Waals surface area contributed by atoms with E-state index >= 15 is 0 Å². The van der Waals surface area contributed by atoms with Crippen molar-refractivity contribution in [1.82, 2.24) is 10.2 Å². The Morgan fingerprint density at radius 3 is 2.89 bits per heavy atom. The second kappa shape index (κ2) is 6.39. The molecule has 1 aliphatic heterocycles. The van der Waals surface area contributed by atoms with E-state index in [0.29, 0.717) is 18.2 Å². The molecule has 1 saturated heterocycles. The van der Waals surface area contributed by atoms with Gasteiger partial charge in [0.15, 0.2) is 0 Å². The molecule has 1 atom stereocenters. The summed E-state index contributed by atoms with van der Waals surface area (Å²) in [5.41, 5.74) is 0.665. The lowest BCUT2D eigenvalue weighted by molar-refractivity contribution is 0.170. The van der Waals surface area contributed by atoms with Gasteiger partial charge in [-0.15, -0.1) is 0 Å². The molecule has 0 aromatic heterocycles. The molecule has 4 heteroatoms. The van der Waals surface area contributed by atoms with Crippen molar-refractivity contribution in [3.63, 3.8) is 0 Å². The Balaban J connectivity index is 1.72. The third kappa shape index (κ3) is 3.73. The minimum absolute atomic E-state index is 0.564. The first-order valence-corrected chi connectivity index (χ1v) is 6.36. The van der Waals surface area contributed by atoms with Gasteiger partial charge in [0.2, 0.25) is 0 Å². The molecule has 18 heavy (non-hydrogen) atoms.